The Kier molecular flexibility index (Phi) is 9.99. The molecule has 0 spiro atoms. The van der Waals surface area contributed by atoms with Crippen molar-refractivity contribution in [2.45, 2.75) is 72.2 Å². The molecule has 0 aliphatic heterocycles. The van der Waals surface area contributed by atoms with Gasteiger partial charge in [0.15, 0.2) is 0 Å². The second-order valence-electron chi connectivity index (χ2n) is 9.13. The molecule has 30 heavy (non-hydrogen) atoms. The van der Waals surface area contributed by atoms with E-state index < -0.39 is 23.1 Å². The molecule has 0 saturated heterocycles. The third-order valence-corrected chi connectivity index (χ3v) is 3.64. The first-order chi connectivity index (χ1) is 13.8. The van der Waals surface area contributed by atoms with Crippen molar-refractivity contribution in [3.63, 3.8) is 0 Å². The lowest BCUT2D eigenvalue weighted by Crippen LogP contribution is -2.39. The lowest BCUT2D eigenvalue weighted by molar-refractivity contribution is -0.157. The smallest absolute Gasteiger partial charge is 0.320 e. The zero-order chi connectivity index (χ0) is 22.8. The summed E-state index contributed by atoms with van der Waals surface area (Å²) in [6.07, 6.45) is 0.644. The van der Waals surface area contributed by atoms with Gasteiger partial charge < -0.3 is 14.2 Å². The highest BCUT2D eigenvalue weighted by Gasteiger charge is 2.22. The topological polar surface area (TPSA) is 82.1 Å². The van der Waals surface area contributed by atoms with Gasteiger partial charge in [0.05, 0.1) is 13.1 Å². The Balaban J connectivity index is 2.59. The van der Waals surface area contributed by atoms with Gasteiger partial charge in [-0.2, -0.15) is 0 Å². The number of carbonyl (C=O) groups excluding carboxylic acids is 3. The highest BCUT2D eigenvalue weighted by Crippen LogP contribution is 2.11. The molecule has 1 aromatic rings. The van der Waals surface area contributed by atoms with Crippen LogP contribution >= 0.6 is 0 Å². The number of benzene rings is 1. The van der Waals surface area contributed by atoms with E-state index in [0.29, 0.717) is 13.0 Å². The predicted octanol–water partition coefficient (Wildman–Crippen LogP) is 3.50. The SMILES string of the molecule is CC(C)(C)OC(=O)CCCN(CC(=O)OCc1ccccc1)CC(=O)OC(C)(C)C. The molecule has 7 heteroatoms. The Bertz CT molecular complexity index is 688. The van der Waals surface area contributed by atoms with Gasteiger partial charge in [0.1, 0.15) is 17.8 Å². The summed E-state index contributed by atoms with van der Waals surface area (Å²) in [4.78, 5) is 38.0. The summed E-state index contributed by atoms with van der Waals surface area (Å²) in [6, 6.07) is 9.36. The average molecular weight is 422 g/mol. The van der Waals surface area contributed by atoms with E-state index in [1.165, 1.54) is 0 Å². The zero-order valence-electron chi connectivity index (χ0n) is 19.0. The largest absolute Gasteiger partial charge is 0.460 e. The highest BCUT2D eigenvalue weighted by molar-refractivity contribution is 5.75. The fourth-order valence-corrected chi connectivity index (χ4v) is 2.58. The van der Waals surface area contributed by atoms with E-state index in [0.717, 1.165) is 5.56 Å². The van der Waals surface area contributed by atoms with E-state index in [2.05, 4.69) is 0 Å². The Labute approximate surface area is 179 Å². The third-order valence-electron chi connectivity index (χ3n) is 3.64. The van der Waals surface area contributed by atoms with Crippen LogP contribution in [-0.2, 0) is 35.2 Å². The van der Waals surface area contributed by atoms with Crippen LogP contribution in [0.15, 0.2) is 30.3 Å². The summed E-state index contributed by atoms with van der Waals surface area (Å²) in [5.41, 5.74) is -0.281. The summed E-state index contributed by atoms with van der Waals surface area (Å²) < 4.78 is 16.0. The maximum absolute atomic E-state index is 12.3. The van der Waals surface area contributed by atoms with E-state index in [9.17, 15) is 14.4 Å². The predicted molar refractivity (Wildman–Crippen MR) is 114 cm³/mol. The molecule has 0 aromatic heterocycles. The Morgan fingerprint density at radius 2 is 1.33 bits per heavy atom. The summed E-state index contributed by atoms with van der Waals surface area (Å²) in [5, 5.41) is 0. The molecule has 168 valence electrons. The van der Waals surface area contributed by atoms with Crippen molar-refractivity contribution in [1.29, 1.82) is 0 Å². The monoisotopic (exact) mass is 421 g/mol. The summed E-state index contributed by atoms with van der Waals surface area (Å²) >= 11 is 0. The van der Waals surface area contributed by atoms with Crippen LogP contribution in [0.5, 0.6) is 0 Å². The molecular weight excluding hydrogens is 386 g/mol. The molecule has 7 nitrogen and oxygen atoms in total. The number of hydrogen-bond donors (Lipinski definition) is 0. The maximum atomic E-state index is 12.3. The summed E-state index contributed by atoms with van der Waals surface area (Å²) in [5.74, 6) is -1.19. The molecule has 0 radical (unpaired) electrons. The van der Waals surface area contributed by atoms with Crippen molar-refractivity contribution in [3.05, 3.63) is 35.9 Å². The summed E-state index contributed by atoms with van der Waals surface area (Å²) in [7, 11) is 0. The van der Waals surface area contributed by atoms with Gasteiger partial charge in [0.25, 0.3) is 0 Å². The van der Waals surface area contributed by atoms with Crippen LogP contribution in [-0.4, -0.2) is 53.6 Å². The number of carbonyl (C=O) groups is 3. The van der Waals surface area contributed by atoms with Crippen molar-refractivity contribution in [2.75, 3.05) is 19.6 Å². The van der Waals surface area contributed by atoms with Gasteiger partial charge in [-0.1, -0.05) is 30.3 Å². The quantitative estimate of drug-likeness (QED) is 0.422. The van der Waals surface area contributed by atoms with Gasteiger partial charge in [-0.3, -0.25) is 19.3 Å². The summed E-state index contributed by atoms with van der Waals surface area (Å²) in [6.45, 7) is 11.2. The van der Waals surface area contributed by atoms with Gasteiger partial charge in [0, 0.05) is 6.42 Å². The van der Waals surface area contributed by atoms with Crippen LogP contribution in [0.3, 0.4) is 0 Å². The lowest BCUT2D eigenvalue weighted by atomic mass is 10.2. The zero-order valence-corrected chi connectivity index (χ0v) is 19.0. The van der Waals surface area contributed by atoms with Crippen molar-refractivity contribution < 1.29 is 28.6 Å². The Morgan fingerprint density at radius 1 is 0.800 bits per heavy atom. The van der Waals surface area contributed by atoms with E-state index in [-0.39, 0.29) is 32.1 Å². The van der Waals surface area contributed by atoms with E-state index in [1.54, 1.807) is 25.7 Å². The van der Waals surface area contributed by atoms with E-state index in [4.69, 9.17) is 14.2 Å². The molecule has 0 atom stereocenters. The molecule has 0 unspecified atom stereocenters. The second kappa shape index (κ2) is 11.7. The Hall–Kier alpha value is -2.41. The van der Waals surface area contributed by atoms with Crippen LogP contribution in [0, 0.1) is 0 Å². The van der Waals surface area contributed by atoms with Crippen molar-refractivity contribution in [2.24, 2.45) is 0 Å². The molecule has 0 aliphatic rings. The van der Waals surface area contributed by atoms with Gasteiger partial charge >= 0.3 is 17.9 Å². The molecule has 0 amide bonds. The average Bonchev–Trinajstić information content (AvgIpc) is 2.57. The molecular formula is C23H35NO6. The maximum Gasteiger partial charge on any atom is 0.320 e. The molecule has 0 N–H and O–H groups in total. The Morgan fingerprint density at radius 3 is 1.90 bits per heavy atom. The standard InChI is InChI=1S/C23H35NO6/c1-22(2,3)29-19(25)13-10-14-24(16-21(27)30-23(4,5)6)15-20(26)28-17-18-11-8-7-9-12-18/h7-9,11-12H,10,13-17H2,1-6H3. The minimum Gasteiger partial charge on any atom is -0.460 e. The van der Waals surface area contributed by atoms with Gasteiger partial charge in [0.2, 0.25) is 0 Å². The molecule has 0 bridgehead atoms. The lowest BCUT2D eigenvalue weighted by Gasteiger charge is -2.24. The molecule has 1 aromatic carbocycles. The number of rotatable bonds is 10. The minimum absolute atomic E-state index is 0.0635. The van der Waals surface area contributed by atoms with E-state index >= 15 is 0 Å². The van der Waals surface area contributed by atoms with Crippen LogP contribution in [0.1, 0.15) is 59.9 Å². The van der Waals surface area contributed by atoms with Crippen LogP contribution in [0.4, 0.5) is 0 Å². The molecule has 0 aliphatic carbocycles. The van der Waals surface area contributed by atoms with Crippen LogP contribution in [0.2, 0.25) is 0 Å². The van der Waals surface area contributed by atoms with Crippen molar-refractivity contribution in [1.82, 2.24) is 4.90 Å². The molecule has 0 fully saturated rings. The fourth-order valence-electron chi connectivity index (χ4n) is 2.58. The van der Waals surface area contributed by atoms with Gasteiger partial charge in [-0.25, -0.2) is 0 Å². The second-order valence-corrected chi connectivity index (χ2v) is 9.13. The highest BCUT2D eigenvalue weighted by atomic mass is 16.6. The normalized spacial score (nSPS) is 11.8. The van der Waals surface area contributed by atoms with E-state index in [1.807, 2.05) is 51.1 Å². The van der Waals surface area contributed by atoms with Crippen molar-refractivity contribution in [3.8, 4) is 0 Å². The first kappa shape index (κ1) is 25.6. The first-order valence-electron chi connectivity index (χ1n) is 10.2. The van der Waals surface area contributed by atoms with Crippen LogP contribution in [0.25, 0.3) is 0 Å². The number of esters is 3. The molecule has 0 heterocycles. The third kappa shape index (κ3) is 12.9. The minimum atomic E-state index is -0.618. The van der Waals surface area contributed by atoms with Crippen molar-refractivity contribution >= 4 is 17.9 Å². The molecule has 0 saturated carbocycles. The number of hydrogen-bond acceptors (Lipinski definition) is 7. The van der Waals surface area contributed by atoms with Crippen LogP contribution < -0.4 is 0 Å². The molecule has 1 rings (SSSR count). The van der Waals surface area contributed by atoms with Gasteiger partial charge in [-0.15, -0.1) is 0 Å². The number of ether oxygens (including phenoxy) is 3. The number of nitrogens with zero attached hydrogens (tertiary/aromatic N) is 1. The van der Waals surface area contributed by atoms with Gasteiger partial charge in [-0.05, 0) is 60.1 Å². The fraction of sp³-hybridized carbons (Fsp3) is 0.609. The first-order valence-corrected chi connectivity index (χ1v) is 10.2.